The lowest BCUT2D eigenvalue weighted by molar-refractivity contribution is 0.220. The Kier molecular flexibility index (Phi) is 3.48. The fraction of sp³-hybridized carbons (Fsp3) is 0.357. The Morgan fingerprint density at radius 3 is 2.56 bits per heavy atom. The molecule has 1 N–H and O–H groups in total. The number of benzene rings is 1. The second kappa shape index (κ2) is 4.90. The first kappa shape index (κ1) is 12.8. The van der Waals surface area contributed by atoms with E-state index in [2.05, 4.69) is 5.10 Å². The van der Waals surface area contributed by atoms with Gasteiger partial charge in [-0.2, -0.15) is 5.10 Å². The van der Waals surface area contributed by atoms with Crippen molar-refractivity contribution in [3.8, 4) is 0 Å². The van der Waals surface area contributed by atoms with Crippen molar-refractivity contribution in [2.24, 2.45) is 0 Å². The maximum atomic E-state index is 13.2. The molecule has 0 saturated carbocycles. The number of nitrogens with zero attached hydrogens (tertiary/aromatic N) is 2. The molecule has 2 aromatic rings. The van der Waals surface area contributed by atoms with Crippen LogP contribution in [0.2, 0.25) is 0 Å². The van der Waals surface area contributed by atoms with Gasteiger partial charge in [-0.15, -0.1) is 0 Å². The summed E-state index contributed by atoms with van der Waals surface area (Å²) >= 11 is 0. The standard InChI is InChI=1S/C14H17FN2O/c1-9(2)17-8-12(7-16-17)14(18)11-4-5-13(15)10(3)6-11/h4-9,14,18H,1-3H3. The topological polar surface area (TPSA) is 38.1 Å². The molecule has 0 aliphatic heterocycles. The first-order chi connectivity index (χ1) is 8.49. The van der Waals surface area contributed by atoms with E-state index in [4.69, 9.17) is 0 Å². The smallest absolute Gasteiger partial charge is 0.126 e. The highest BCUT2D eigenvalue weighted by Gasteiger charge is 2.14. The van der Waals surface area contributed by atoms with Crippen molar-refractivity contribution < 1.29 is 9.50 Å². The summed E-state index contributed by atoms with van der Waals surface area (Å²) in [5.74, 6) is -0.260. The average molecular weight is 248 g/mol. The normalized spacial score (nSPS) is 13.0. The summed E-state index contributed by atoms with van der Waals surface area (Å²) in [4.78, 5) is 0. The molecule has 1 heterocycles. The minimum absolute atomic E-state index is 0.251. The minimum atomic E-state index is -0.767. The molecule has 0 bridgehead atoms. The lowest BCUT2D eigenvalue weighted by atomic mass is 10.0. The summed E-state index contributed by atoms with van der Waals surface area (Å²) in [5, 5.41) is 14.4. The van der Waals surface area contributed by atoms with Crippen LogP contribution in [0, 0.1) is 12.7 Å². The third-order valence-electron chi connectivity index (χ3n) is 2.96. The van der Waals surface area contributed by atoms with Crippen LogP contribution in [0.4, 0.5) is 4.39 Å². The molecule has 0 saturated heterocycles. The van der Waals surface area contributed by atoms with Crippen molar-refractivity contribution in [3.05, 3.63) is 53.1 Å². The van der Waals surface area contributed by atoms with E-state index in [0.29, 0.717) is 11.1 Å². The Hall–Kier alpha value is -1.68. The molecular formula is C14H17FN2O. The van der Waals surface area contributed by atoms with Crippen LogP contribution in [0.3, 0.4) is 0 Å². The highest BCUT2D eigenvalue weighted by molar-refractivity contribution is 5.31. The molecule has 1 aromatic heterocycles. The molecular weight excluding hydrogens is 231 g/mol. The Morgan fingerprint density at radius 1 is 1.28 bits per heavy atom. The molecule has 0 amide bonds. The molecule has 4 heteroatoms. The molecule has 0 aliphatic carbocycles. The van der Waals surface area contributed by atoms with Crippen LogP contribution in [0.1, 0.15) is 42.7 Å². The van der Waals surface area contributed by atoms with Gasteiger partial charge in [0.2, 0.25) is 0 Å². The van der Waals surface area contributed by atoms with Crippen LogP contribution in [0.25, 0.3) is 0 Å². The van der Waals surface area contributed by atoms with E-state index < -0.39 is 6.10 Å². The number of hydrogen-bond acceptors (Lipinski definition) is 2. The zero-order valence-corrected chi connectivity index (χ0v) is 10.8. The van der Waals surface area contributed by atoms with Crippen molar-refractivity contribution >= 4 is 0 Å². The quantitative estimate of drug-likeness (QED) is 0.906. The number of aryl methyl sites for hydroxylation is 1. The molecule has 0 aliphatic rings. The third-order valence-corrected chi connectivity index (χ3v) is 2.96. The van der Waals surface area contributed by atoms with Gasteiger partial charge in [-0.05, 0) is 38.0 Å². The van der Waals surface area contributed by atoms with Crippen molar-refractivity contribution in [1.82, 2.24) is 9.78 Å². The van der Waals surface area contributed by atoms with E-state index >= 15 is 0 Å². The Morgan fingerprint density at radius 2 is 2.00 bits per heavy atom. The van der Waals surface area contributed by atoms with Crippen molar-refractivity contribution in [3.63, 3.8) is 0 Å². The number of aliphatic hydroxyl groups excluding tert-OH is 1. The molecule has 0 spiro atoms. The molecule has 3 nitrogen and oxygen atoms in total. The van der Waals surface area contributed by atoms with E-state index in [1.807, 2.05) is 20.0 Å². The van der Waals surface area contributed by atoms with Gasteiger partial charge in [0.05, 0.1) is 6.20 Å². The maximum absolute atomic E-state index is 13.2. The van der Waals surface area contributed by atoms with Gasteiger partial charge >= 0.3 is 0 Å². The van der Waals surface area contributed by atoms with Gasteiger partial charge in [-0.25, -0.2) is 4.39 Å². The molecule has 1 atom stereocenters. The number of aromatic nitrogens is 2. The summed E-state index contributed by atoms with van der Waals surface area (Å²) < 4.78 is 15.0. The zero-order chi connectivity index (χ0) is 13.3. The zero-order valence-electron chi connectivity index (χ0n) is 10.8. The first-order valence-corrected chi connectivity index (χ1v) is 5.97. The van der Waals surface area contributed by atoms with Crippen LogP contribution in [0.5, 0.6) is 0 Å². The maximum Gasteiger partial charge on any atom is 0.126 e. The molecule has 0 fully saturated rings. The number of halogens is 1. The largest absolute Gasteiger partial charge is 0.384 e. The van der Waals surface area contributed by atoms with Gasteiger partial charge in [0.25, 0.3) is 0 Å². The molecule has 1 aromatic carbocycles. The Labute approximate surface area is 106 Å². The van der Waals surface area contributed by atoms with E-state index in [-0.39, 0.29) is 11.9 Å². The van der Waals surface area contributed by atoms with Crippen LogP contribution < -0.4 is 0 Å². The van der Waals surface area contributed by atoms with Crippen LogP contribution in [-0.2, 0) is 0 Å². The van der Waals surface area contributed by atoms with Crippen molar-refractivity contribution in [1.29, 1.82) is 0 Å². The molecule has 2 rings (SSSR count). The van der Waals surface area contributed by atoms with Gasteiger partial charge < -0.3 is 5.11 Å². The van der Waals surface area contributed by atoms with E-state index in [0.717, 1.165) is 5.56 Å². The van der Waals surface area contributed by atoms with Crippen LogP contribution >= 0.6 is 0 Å². The number of hydrogen-bond donors (Lipinski definition) is 1. The second-order valence-electron chi connectivity index (χ2n) is 4.76. The van der Waals surface area contributed by atoms with Crippen molar-refractivity contribution in [2.45, 2.75) is 32.9 Å². The Balaban J connectivity index is 2.29. The number of aliphatic hydroxyl groups is 1. The van der Waals surface area contributed by atoms with Crippen LogP contribution in [0.15, 0.2) is 30.6 Å². The highest BCUT2D eigenvalue weighted by Crippen LogP contribution is 2.23. The predicted molar refractivity (Wildman–Crippen MR) is 67.8 cm³/mol. The fourth-order valence-electron chi connectivity index (χ4n) is 1.81. The summed E-state index contributed by atoms with van der Waals surface area (Å²) in [6.07, 6.45) is 2.69. The molecule has 1 unspecified atom stereocenters. The van der Waals surface area contributed by atoms with Crippen molar-refractivity contribution in [2.75, 3.05) is 0 Å². The molecule has 96 valence electrons. The summed E-state index contributed by atoms with van der Waals surface area (Å²) in [7, 11) is 0. The Bertz CT molecular complexity index is 548. The SMILES string of the molecule is Cc1cc(C(O)c2cnn(C(C)C)c2)ccc1F. The predicted octanol–water partition coefficient (Wildman–Crippen LogP) is 2.99. The van der Waals surface area contributed by atoms with Gasteiger partial charge in [-0.1, -0.05) is 12.1 Å². The van der Waals surface area contributed by atoms with E-state index in [1.54, 1.807) is 29.9 Å². The summed E-state index contributed by atoms with van der Waals surface area (Å²) in [6, 6.07) is 4.88. The summed E-state index contributed by atoms with van der Waals surface area (Å²) in [6.45, 7) is 5.72. The first-order valence-electron chi connectivity index (χ1n) is 5.97. The molecule has 0 radical (unpaired) electrons. The van der Waals surface area contributed by atoms with E-state index in [9.17, 15) is 9.50 Å². The lowest BCUT2D eigenvalue weighted by Crippen LogP contribution is -2.02. The number of rotatable bonds is 3. The third kappa shape index (κ3) is 2.43. The highest BCUT2D eigenvalue weighted by atomic mass is 19.1. The average Bonchev–Trinajstić information content (AvgIpc) is 2.81. The monoisotopic (exact) mass is 248 g/mol. The van der Waals surface area contributed by atoms with Gasteiger partial charge in [0.15, 0.2) is 0 Å². The second-order valence-corrected chi connectivity index (χ2v) is 4.76. The minimum Gasteiger partial charge on any atom is -0.384 e. The molecule has 18 heavy (non-hydrogen) atoms. The van der Waals surface area contributed by atoms with Gasteiger partial charge in [-0.3, -0.25) is 4.68 Å². The summed E-state index contributed by atoms with van der Waals surface area (Å²) in [5.41, 5.74) is 1.93. The van der Waals surface area contributed by atoms with Gasteiger partial charge in [0, 0.05) is 17.8 Å². The fourth-order valence-corrected chi connectivity index (χ4v) is 1.81. The van der Waals surface area contributed by atoms with E-state index in [1.165, 1.54) is 6.07 Å². The lowest BCUT2D eigenvalue weighted by Gasteiger charge is -2.10. The van der Waals surface area contributed by atoms with Gasteiger partial charge in [0.1, 0.15) is 11.9 Å². The van der Waals surface area contributed by atoms with Crippen LogP contribution in [-0.4, -0.2) is 14.9 Å².